The van der Waals surface area contributed by atoms with Gasteiger partial charge in [-0.1, -0.05) is 12.1 Å². The predicted molar refractivity (Wildman–Crippen MR) is 84.4 cm³/mol. The number of ether oxygens (including phenoxy) is 1. The maximum atomic E-state index is 10.5. The Hall–Kier alpha value is -1.89. The van der Waals surface area contributed by atoms with Crippen molar-refractivity contribution in [2.24, 2.45) is 0 Å². The van der Waals surface area contributed by atoms with E-state index < -0.39 is 5.97 Å². The molecule has 1 aromatic carbocycles. The summed E-state index contributed by atoms with van der Waals surface area (Å²) in [6.45, 7) is 0.453. The van der Waals surface area contributed by atoms with Gasteiger partial charge in [0.05, 0.1) is 3.57 Å². The summed E-state index contributed by atoms with van der Waals surface area (Å²) < 4.78 is 6.65. The van der Waals surface area contributed by atoms with Crippen molar-refractivity contribution >= 4 is 34.6 Å². The second-order valence-electron chi connectivity index (χ2n) is 4.01. The largest absolute Gasteiger partial charge is 0.488 e. The van der Waals surface area contributed by atoms with Gasteiger partial charge in [0.15, 0.2) is 0 Å². The van der Waals surface area contributed by atoms with Gasteiger partial charge in [-0.25, -0.2) is 4.79 Å². The van der Waals surface area contributed by atoms with Crippen LogP contribution in [0.4, 0.5) is 0 Å². The van der Waals surface area contributed by atoms with Gasteiger partial charge in [-0.3, -0.25) is 4.98 Å². The van der Waals surface area contributed by atoms with Gasteiger partial charge < -0.3 is 9.84 Å². The third kappa shape index (κ3) is 4.34. The smallest absolute Gasteiger partial charge is 0.328 e. The van der Waals surface area contributed by atoms with Gasteiger partial charge in [-0.15, -0.1) is 0 Å². The molecule has 0 aliphatic rings. The molecule has 20 heavy (non-hydrogen) atoms. The first-order valence-electron chi connectivity index (χ1n) is 5.87. The summed E-state index contributed by atoms with van der Waals surface area (Å²) in [5.41, 5.74) is 1.82. The lowest BCUT2D eigenvalue weighted by molar-refractivity contribution is -0.131. The normalized spacial score (nSPS) is 10.7. The Morgan fingerprint density at radius 3 is 2.90 bits per heavy atom. The number of rotatable bonds is 5. The average molecular weight is 381 g/mol. The molecule has 0 atom stereocenters. The highest BCUT2D eigenvalue weighted by molar-refractivity contribution is 14.1. The first-order chi connectivity index (χ1) is 9.65. The van der Waals surface area contributed by atoms with Crippen LogP contribution in [0.2, 0.25) is 0 Å². The fourth-order valence-corrected chi connectivity index (χ4v) is 2.24. The summed E-state index contributed by atoms with van der Waals surface area (Å²) in [5.74, 6) is -0.196. The van der Waals surface area contributed by atoms with Crippen molar-refractivity contribution in [3.63, 3.8) is 0 Å². The number of pyridine rings is 1. The molecule has 1 N–H and O–H groups in total. The molecule has 0 saturated heterocycles. The topological polar surface area (TPSA) is 59.4 Å². The molecule has 0 aliphatic carbocycles. The first-order valence-corrected chi connectivity index (χ1v) is 6.95. The van der Waals surface area contributed by atoms with Gasteiger partial charge in [0, 0.05) is 24.0 Å². The lowest BCUT2D eigenvalue weighted by atomic mass is 10.2. The van der Waals surface area contributed by atoms with Crippen molar-refractivity contribution in [3.8, 4) is 5.75 Å². The van der Waals surface area contributed by atoms with E-state index in [0.717, 1.165) is 26.5 Å². The molecule has 4 nitrogen and oxygen atoms in total. The molecule has 0 unspecified atom stereocenters. The minimum Gasteiger partial charge on any atom is -0.488 e. The highest BCUT2D eigenvalue weighted by Gasteiger charge is 2.02. The van der Waals surface area contributed by atoms with Gasteiger partial charge in [-0.2, -0.15) is 0 Å². The Labute approximate surface area is 130 Å². The molecule has 1 aromatic heterocycles. The van der Waals surface area contributed by atoms with Crippen molar-refractivity contribution in [2.75, 3.05) is 0 Å². The highest BCUT2D eigenvalue weighted by atomic mass is 127. The number of benzene rings is 1. The maximum absolute atomic E-state index is 10.5. The highest BCUT2D eigenvalue weighted by Crippen LogP contribution is 2.23. The number of hydrogen-bond acceptors (Lipinski definition) is 3. The number of carboxylic acids is 1. The monoisotopic (exact) mass is 381 g/mol. The zero-order chi connectivity index (χ0) is 14.4. The molecule has 0 aliphatic heterocycles. The quantitative estimate of drug-likeness (QED) is 0.638. The lowest BCUT2D eigenvalue weighted by Crippen LogP contribution is -1.97. The van der Waals surface area contributed by atoms with Crippen molar-refractivity contribution in [3.05, 3.63) is 63.5 Å². The summed E-state index contributed by atoms with van der Waals surface area (Å²) in [4.78, 5) is 14.5. The van der Waals surface area contributed by atoms with Crippen LogP contribution >= 0.6 is 22.6 Å². The molecule has 0 radical (unpaired) electrons. The van der Waals surface area contributed by atoms with Gasteiger partial charge >= 0.3 is 5.97 Å². The molecule has 0 saturated carbocycles. The molecule has 0 amide bonds. The zero-order valence-electron chi connectivity index (χ0n) is 10.5. The maximum Gasteiger partial charge on any atom is 0.328 e. The van der Waals surface area contributed by atoms with E-state index >= 15 is 0 Å². The molecular formula is C15H12INO3. The van der Waals surface area contributed by atoms with Gasteiger partial charge in [0.2, 0.25) is 0 Å². The fraction of sp³-hybridized carbons (Fsp3) is 0.0667. The summed E-state index contributed by atoms with van der Waals surface area (Å²) in [5, 5.41) is 8.59. The second-order valence-corrected chi connectivity index (χ2v) is 5.17. The number of carboxylic acid groups (broad SMARTS) is 1. The summed E-state index contributed by atoms with van der Waals surface area (Å²) >= 11 is 2.16. The zero-order valence-corrected chi connectivity index (χ0v) is 12.6. The van der Waals surface area contributed by atoms with Crippen LogP contribution in [0.3, 0.4) is 0 Å². The number of aromatic nitrogens is 1. The van der Waals surface area contributed by atoms with E-state index in [2.05, 4.69) is 27.6 Å². The number of nitrogens with zero attached hydrogens (tertiary/aromatic N) is 1. The van der Waals surface area contributed by atoms with Crippen LogP contribution in [-0.2, 0) is 11.4 Å². The minimum atomic E-state index is -0.961. The molecule has 0 bridgehead atoms. The first kappa shape index (κ1) is 14.5. The number of halogens is 1. The SMILES string of the molecule is O=C(O)/C=C/c1ccc(OCc2cccnc2)c(I)c1. The van der Waals surface area contributed by atoms with Crippen molar-refractivity contribution in [2.45, 2.75) is 6.61 Å². The fourth-order valence-electron chi connectivity index (χ4n) is 1.55. The Morgan fingerprint density at radius 2 is 2.25 bits per heavy atom. The van der Waals surface area contributed by atoms with Gasteiger partial charge in [-0.05, 0) is 52.4 Å². The summed E-state index contributed by atoms with van der Waals surface area (Å²) in [7, 11) is 0. The van der Waals surface area contributed by atoms with E-state index in [1.807, 2.05) is 30.3 Å². The van der Waals surface area contributed by atoms with Crippen LogP contribution in [0, 0.1) is 3.57 Å². The van der Waals surface area contributed by atoms with Gasteiger partial charge in [0.25, 0.3) is 0 Å². The molecule has 102 valence electrons. The standard InChI is InChI=1S/C15H12INO3/c16-13-8-11(4-6-15(18)19)3-5-14(13)20-10-12-2-1-7-17-9-12/h1-9H,10H2,(H,18,19)/b6-4+. The van der Waals surface area contributed by atoms with E-state index in [4.69, 9.17) is 9.84 Å². The van der Waals surface area contributed by atoms with E-state index in [1.54, 1.807) is 18.5 Å². The summed E-state index contributed by atoms with van der Waals surface area (Å²) in [6, 6.07) is 9.34. The average Bonchev–Trinajstić information content (AvgIpc) is 2.45. The van der Waals surface area contributed by atoms with E-state index in [9.17, 15) is 4.79 Å². The summed E-state index contributed by atoms with van der Waals surface area (Å²) in [6.07, 6.45) is 6.14. The third-order valence-corrected chi connectivity index (χ3v) is 3.33. The molecule has 1 heterocycles. The number of hydrogen-bond donors (Lipinski definition) is 1. The molecule has 2 rings (SSSR count). The van der Waals surface area contributed by atoms with E-state index in [0.29, 0.717) is 6.61 Å². The van der Waals surface area contributed by atoms with Gasteiger partial charge in [0.1, 0.15) is 12.4 Å². The van der Waals surface area contributed by atoms with Crippen LogP contribution < -0.4 is 4.74 Å². The number of carbonyl (C=O) groups is 1. The van der Waals surface area contributed by atoms with Crippen LogP contribution in [0.5, 0.6) is 5.75 Å². The second kappa shape index (κ2) is 7.04. The van der Waals surface area contributed by atoms with E-state index in [-0.39, 0.29) is 0 Å². The van der Waals surface area contributed by atoms with Crippen LogP contribution in [-0.4, -0.2) is 16.1 Å². The Bertz CT molecular complexity index is 626. The molecule has 0 spiro atoms. The van der Waals surface area contributed by atoms with Crippen molar-refractivity contribution < 1.29 is 14.6 Å². The van der Waals surface area contributed by atoms with Crippen LogP contribution in [0.1, 0.15) is 11.1 Å². The van der Waals surface area contributed by atoms with E-state index in [1.165, 1.54) is 0 Å². The molecular weight excluding hydrogens is 369 g/mol. The third-order valence-electron chi connectivity index (χ3n) is 2.49. The number of aliphatic carboxylic acids is 1. The lowest BCUT2D eigenvalue weighted by Gasteiger charge is -2.08. The predicted octanol–water partition coefficient (Wildman–Crippen LogP) is 3.36. The Balaban J connectivity index is 2.04. The minimum absolute atomic E-state index is 0.453. The molecule has 2 aromatic rings. The molecule has 5 heteroatoms. The Kier molecular flexibility index (Phi) is 5.11. The Morgan fingerprint density at radius 1 is 1.40 bits per heavy atom. The van der Waals surface area contributed by atoms with Crippen LogP contribution in [0.25, 0.3) is 6.08 Å². The van der Waals surface area contributed by atoms with Crippen molar-refractivity contribution in [1.82, 2.24) is 4.98 Å². The van der Waals surface area contributed by atoms with Crippen LogP contribution in [0.15, 0.2) is 48.8 Å². The van der Waals surface area contributed by atoms with Crippen molar-refractivity contribution in [1.29, 1.82) is 0 Å². The molecule has 0 fully saturated rings.